The third-order valence-electron chi connectivity index (χ3n) is 5.93. The van der Waals surface area contributed by atoms with Gasteiger partial charge in [0.05, 0.1) is 24.7 Å². The maximum absolute atomic E-state index is 11.6. The van der Waals surface area contributed by atoms with Crippen molar-refractivity contribution in [3.63, 3.8) is 0 Å². The number of benzene rings is 2. The maximum atomic E-state index is 11.6. The van der Waals surface area contributed by atoms with Crippen molar-refractivity contribution >= 4 is 11.2 Å². The average Bonchev–Trinajstić information content (AvgIpc) is 3.28. The van der Waals surface area contributed by atoms with E-state index in [9.17, 15) is 19.6 Å². The van der Waals surface area contributed by atoms with E-state index in [2.05, 4.69) is 39.3 Å². The molecule has 1 aliphatic rings. The zero-order chi connectivity index (χ0) is 23.9. The predicted molar refractivity (Wildman–Crippen MR) is 132 cm³/mol. The molecule has 176 valence electrons. The lowest BCUT2D eigenvalue weighted by atomic mass is 9.94. The first-order chi connectivity index (χ1) is 16.5. The Morgan fingerprint density at radius 1 is 1.15 bits per heavy atom. The molecule has 4 rings (SSSR count). The van der Waals surface area contributed by atoms with E-state index in [4.69, 9.17) is 0 Å². The fraction of sp³-hybridized carbons (Fsp3) is 0.308. The monoisotopic (exact) mass is 477 g/mol. The summed E-state index contributed by atoms with van der Waals surface area (Å²) in [7, 11) is 0. The third kappa shape index (κ3) is 6.27. The van der Waals surface area contributed by atoms with Crippen molar-refractivity contribution in [2.24, 2.45) is 0 Å². The average molecular weight is 478 g/mol. The summed E-state index contributed by atoms with van der Waals surface area (Å²) in [6.07, 6.45) is 2.46. The van der Waals surface area contributed by atoms with Gasteiger partial charge in [0, 0.05) is 36.4 Å². The van der Waals surface area contributed by atoms with Gasteiger partial charge in [0.1, 0.15) is 11.5 Å². The molecular formula is C26H27N3O4S. The number of aliphatic hydroxyl groups excluding tert-OH is 1. The molecule has 0 amide bonds. The number of aromatic amines is 1. The summed E-state index contributed by atoms with van der Waals surface area (Å²) in [6, 6.07) is 16.0. The number of hydrogen-bond donors (Lipinski definition) is 4. The number of aromatic hydroxyl groups is 1. The van der Waals surface area contributed by atoms with E-state index in [1.807, 2.05) is 36.4 Å². The minimum atomic E-state index is -0.670. The van der Waals surface area contributed by atoms with Gasteiger partial charge in [-0.15, -0.1) is 0 Å². The smallest absolute Gasteiger partial charge is 0.293 e. The van der Waals surface area contributed by atoms with Crippen LogP contribution in [0.2, 0.25) is 0 Å². The molecule has 0 spiro atoms. The van der Waals surface area contributed by atoms with E-state index in [1.165, 1.54) is 11.9 Å². The van der Waals surface area contributed by atoms with Crippen molar-refractivity contribution in [3.8, 4) is 17.6 Å². The topological polar surface area (TPSA) is 121 Å². The van der Waals surface area contributed by atoms with E-state index in [0.717, 1.165) is 41.2 Å². The zero-order valence-corrected chi connectivity index (χ0v) is 19.5. The Morgan fingerprint density at radius 3 is 2.44 bits per heavy atom. The minimum Gasteiger partial charge on any atom is -0.616 e. The number of rotatable bonds is 7. The Labute approximate surface area is 201 Å². The van der Waals surface area contributed by atoms with E-state index in [-0.39, 0.29) is 24.6 Å². The second-order valence-corrected chi connectivity index (χ2v) is 9.98. The molecule has 7 nitrogen and oxygen atoms in total. The van der Waals surface area contributed by atoms with Crippen LogP contribution in [0, 0.1) is 11.8 Å². The third-order valence-corrected chi connectivity index (χ3v) is 7.39. The summed E-state index contributed by atoms with van der Waals surface area (Å²) >= 11 is -0.670. The van der Waals surface area contributed by atoms with Crippen LogP contribution >= 0.6 is 0 Å². The summed E-state index contributed by atoms with van der Waals surface area (Å²) < 4.78 is 11.5. The minimum absolute atomic E-state index is 0.140. The molecule has 0 radical (unpaired) electrons. The molecule has 0 aliphatic carbocycles. The first-order valence-corrected chi connectivity index (χ1v) is 12.7. The molecule has 0 bridgehead atoms. The molecule has 2 aromatic carbocycles. The number of aromatic nitrogens is 2. The van der Waals surface area contributed by atoms with E-state index in [1.54, 1.807) is 0 Å². The molecule has 1 saturated heterocycles. The second kappa shape index (κ2) is 11.4. The van der Waals surface area contributed by atoms with E-state index < -0.39 is 22.5 Å². The van der Waals surface area contributed by atoms with Gasteiger partial charge in [-0.3, -0.25) is 4.79 Å². The number of aliphatic hydroxyl groups is 1. The predicted octanol–water partition coefficient (Wildman–Crippen LogP) is 1.80. The SMILES string of the molecule is O=c1[nH]cnc(CC(CO)c2ccc(C#Cc3ccc(CNC4CC[S+]([O-])C4)cc3)cc2)c1O. The Balaban J connectivity index is 1.35. The van der Waals surface area contributed by atoms with Crippen LogP contribution in [-0.4, -0.2) is 48.9 Å². The molecule has 0 saturated carbocycles. The van der Waals surface area contributed by atoms with Gasteiger partial charge < -0.3 is 25.1 Å². The largest absolute Gasteiger partial charge is 0.616 e. The first kappa shape index (κ1) is 24.0. The maximum Gasteiger partial charge on any atom is 0.293 e. The molecule has 3 atom stereocenters. The highest BCUT2D eigenvalue weighted by molar-refractivity contribution is 7.91. The fourth-order valence-electron chi connectivity index (χ4n) is 3.88. The highest BCUT2D eigenvalue weighted by Gasteiger charge is 2.25. The van der Waals surface area contributed by atoms with Crippen molar-refractivity contribution in [3.05, 3.63) is 93.2 Å². The van der Waals surface area contributed by atoms with Gasteiger partial charge in [-0.05, 0) is 35.4 Å². The van der Waals surface area contributed by atoms with Crippen molar-refractivity contribution < 1.29 is 14.8 Å². The molecule has 1 aromatic heterocycles. The molecule has 34 heavy (non-hydrogen) atoms. The molecule has 4 N–H and O–H groups in total. The second-order valence-electron chi connectivity index (χ2n) is 8.36. The van der Waals surface area contributed by atoms with Gasteiger partial charge in [0.15, 0.2) is 0 Å². The summed E-state index contributed by atoms with van der Waals surface area (Å²) in [4.78, 5) is 17.9. The number of hydrogen-bond acceptors (Lipinski definition) is 6. The summed E-state index contributed by atoms with van der Waals surface area (Å²) in [6.45, 7) is 0.618. The van der Waals surface area contributed by atoms with Crippen LogP contribution in [0.4, 0.5) is 0 Å². The van der Waals surface area contributed by atoms with Crippen LogP contribution in [0.1, 0.15) is 40.3 Å². The lowest BCUT2D eigenvalue weighted by Crippen LogP contribution is -2.29. The zero-order valence-electron chi connectivity index (χ0n) is 18.7. The van der Waals surface area contributed by atoms with Crippen LogP contribution in [0.25, 0.3) is 0 Å². The highest BCUT2D eigenvalue weighted by atomic mass is 32.2. The first-order valence-electron chi connectivity index (χ1n) is 11.2. The summed E-state index contributed by atoms with van der Waals surface area (Å²) in [5.74, 6) is 7.14. The van der Waals surface area contributed by atoms with Crippen molar-refractivity contribution in [2.45, 2.75) is 31.3 Å². The Morgan fingerprint density at radius 2 is 1.82 bits per heavy atom. The molecule has 3 unspecified atom stereocenters. The van der Waals surface area contributed by atoms with Crippen LogP contribution in [0.5, 0.6) is 5.75 Å². The standard InChI is InChI=1S/C26H27N3O4S/c30-15-22(13-24-25(31)26(32)29-17-28-24)21-9-7-19(8-10-21)2-1-18-3-5-20(6-4-18)14-27-23-11-12-34(33)16-23/h3-10,17,22-23,27,30-31H,11-16H2,(H,28,29,32). The normalized spacial score (nSPS) is 18.3. The van der Waals surface area contributed by atoms with Crippen LogP contribution in [0.15, 0.2) is 59.7 Å². The van der Waals surface area contributed by atoms with Crippen LogP contribution in [0.3, 0.4) is 0 Å². The fourth-order valence-corrected chi connectivity index (χ4v) is 5.32. The quantitative estimate of drug-likeness (QED) is 0.304. The van der Waals surface area contributed by atoms with Crippen molar-refractivity contribution in [1.82, 2.24) is 15.3 Å². The van der Waals surface area contributed by atoms with E-state index >= 15 is 0 Å². The number of H-pyrrole nitrogens is 1. The number of nitrogens with one attached hydrogen (secondary N) is 2. The van der Waals surface area contributed by atoms with Gasteiger partial charge in [-0.1, -0.05) is 47.3 Å². The molecule has 1 aliphatic heterocycles. The van der Waals surface area contributed by atoms with E-state index in [0.29, 0.717) is 6.04 Å². The summed E-state index contributed by atoms with van der Waals surface area (Å²) in [5, 5.41) is 23.2. The Bertz CT molecular complexity index is 1220. The Hall–Kier alpha value is -3.09. The molecular weight excluding hydrogens is 450 g/mol. The van der Waals surface area contributed by atoms with Crippen LogP contribution in [-0.2, 0) is 24.1 Å². The van der Waals surface area contributed by atoms with Gasteiger partial charge in [-0.2, -0.15) is 0 Å². The molecule has 1 fully saturated rings. The Kier molecular flexibility index (Phi) is 8.03. The lowest BCUT2D eigenvalue weighted by molar-refractivity contribution is 0.263. The van der Waals surface area contributed by atoms with Gasteiger partial charge >= 0.3 is 0 Å². The molecule has 3 aromatic rings. The van der Waals surface area contributed by atoms with Crippen molar-refractivity contribution in [2.75, 3.05) is 18.1 Å². The van der Waals surface area contributed by atoms with Gasteiger partial charge in [0.2, 0.25) is 5.75 Å². The van der Waals surface area contributed by atoms with Crippen molar-refractivity contribution in [1.29, 1.82) is 0 Å². The summed E-state index contributed by atoms with van der Waals surface area (Å²) in [5.41, 5.74) is 3.46. The lowest BCUT2D eigenvalue weighted by Gasteiger charge is -2.14. The number of nitrogens with zero attached hydrogens (tertiary/aromatic N) is 1. The van der Waals surface area contributed by atoms with Gasteiger partial charge in [-0.25, -0.2) is 4.98 Å². The highest BCUT2D eigenvalue weighted by Crippen LogP contribution is 2.22. The molecule has 2 heterocycles. The molecule has 8 heteroatoms. The van der Waals surface area contributed by atoms with Crippen LogP contribution < -0.4 is 10.9 Å². The van der Waals surface area contributed by atoms with Gasteiger partial charge in [0.25, 0.3) is 5.56 Å².